The molecule has 1 unspecified atom stereocenters. The second-order valence-corrected chi connectivity index (χ2v) is 4.34. The van der Waals surface area contributed by atoms with Crippen LogP contribution in [-0.2, 0) is 10.6 Å². The lowest BCUT2D eigenvalue weighted by Crippen LogP contribution is -2.12. The molecule has 0 aromatic carbocycles. The summed E-state index contributed by atoms with van der Waals surface area (Å²) in [5.74, 6) is 1.68. The molecule has 16 heavy (non-hydrogen) atoms. The van der Waals surface area contributed by atoms with Crippen LogP contribution < -0.4 is 4.74 Å². The fraction of sp³-hybridized carbons (Fsp3) is 0.583. The summed E-state index contributed by atoms with van der Waals surface area (Å²) in [6, 6.07) is 3.84. The van der Waals surface area contributed by atoms with Crippen LogP contribution in [0.4, 0.5) is 0 Å². The predicted octanol–water partition coefficient (Wildman–Crippen LogP) is 2.54. The molecule has 0 spiro atoms. The summed E-state index contributed by atoms with van der Waals surface area (Å²) < 4.78 is 10.9. The lowest BCUT2D eigenvalue weighted by Gasteiger charge is -2.10. The number of aromatic nitrogens is 1. The number of hydrogen-bond acceptors (Lipinski definition) is 3. The first-order valence-electron chi connectivity index (χ1n) is 5.52. The summed E-state index contributed by atoms with van der Waals surface area (Å²) in [7, 11) is 0. The number of pyridine rings is 1. The first-order chi connectivity index (χ1) is 7.79. The summed E-state index contributed by atoms with van der Waals surface area (Å²) >= 11 is 5.77. The van der Waals surface area contributed by atoms with Gasteiger partial charge in [0.2, 0.25) is 5.88 Å². The molecule has 1 atom stereocenters. The predicted molar refractivity (Wildman–Crippen MR) is 63.0 cm³/mol. The Balaban J connectivity index is 1.91. The van der Waals surface area contributed by atoms with Crippen molar-refractivity contribution < 1.29 is 9.47 Å². The van der Waals surface area contributed by atoms with Crippen LogP contribution in [0.5, 0.6) is 5.88 Å². The molecular formula is C12H16ClNO2. The third kappa shape index (κ3) is 2.86. The molecule has 0 bridgehead atoms. The summed E-state index contributed by atoms with van der Waals surface area (Å²) in [5, 5.41) is 0. The van der Waals surface area contributed by atoms with E-state index in [1.807, 2.05) is 19.1 Å². The van der Waals surface area contributed by atoms with Crippen molar-refractivity contribution in [1.29, 1.82) is 0 Å². The Hall–Kier alpha value is -0.800. The third-order valence-electron chi connectivity index (χ3n) is 2.80. The van der Waals surface area contributed by atoms with Gasteiger partial charge in [0, 0.05) is 30.2 Å². The molecule has 1 aliphatic heterocycles. The largest absolute Gasteiger partial charge is 0.477 e. The highest BCUT2D eigenvalue weighted by Gasteiger charge is 2.16. The van der Waals surface area contributed by atoms with E-state index in [-0.39, 0.29) is 0 Å². The van der Waals surface area contributed by atoms with Gasteiger partial charge >= 0.3 is 0 Å². The van der Waals surface area contributed by atoms with Crippen LogP contribution in [-0.4, -0.2) is 24.8 Å². The Morgan fingerprint density at radius 3 is 3.06 bits per heavy atom. The molecule has 2 heterocycles. The highest BCUT2D eigenvalue weighted by Crippen LogP contribution is 2.17. The Kier molecular flexibility index (Phi) is 4.02. The van der Waals surface area contributed by atoms with E-state index < -0.39 is 0 Å². The summed E-state index contributed by atoms with van der Waals surface area (Å²) in [5.41, 5.74) is 1.99. The monoisotopic (exact) mass is 241 g/mol. The van der Waals surface area contributed by atoms with Crippen LogP contribution >= 0.6 is 11.6 Å². The van der Waals surface area contributed by atoms with Crippen LogP contribution in [0, 0.1) is 12.8 Å². The van der Waals surface area contributed by atoms with Crippen molar-refractivity contribution in [3.05, 3.63) is 23.4 Å². The molecule has 3 nitrogen and oxygen atoms in total. The standard InChI is InChI=1S/C12H16ClNO2/c1-9-11(6-13)2-3-12(14-9)16-8-10-4-5-15-7-10/h2-3,10H,4-8H2,1H3. The second kappa shape index (κ2) is 5.51. The van der Waals surface area contributed by atoms with Gasteiger partial charge in [0.15, 0.2) is 0 Å². The zero-order valence-corrected chi connectivity index (χ0v) is 10.2. The number of halogens is 1. The number of aryl methyl sites for hydroxylation is 1. The molecule has 0 aliphatic carbocycles. The van der Waals surface area contributed by atoms with E-state index in [2.05, 4.69) is 4.98 Å². The SMILES string of the molecule is Cc1nc(OCC2CCOC2)ccc1CCl. The van der Waals surface area contributed by atoms with Crippen LogP contribution in [0.1, 0.15) is 17.7 Å². The Labute approximate surface area is 101 Å². The van der Waals surface area contributed by atoms with Gasteiger partial charge in [0.1, 0.15) is 0 Å². The minimum absolute atomic E-state index is 0.496. The first-order valence-corrected chi connectivity index (χ1v) is 6.06. The lowest BCUT2D eigenvalue weighted by molar-refractivity contribution is 0.165. The van der Waals surface area contributed by atoms with Crippen molar-refractivity contribution in [3.8, 4) is 5.88 Å². The normalized spacial score (nSPS) is 20.0. The zero-order chi connectivity index (χ0) is 11.4. The van der Waals surface area contributed by atoms with E-state index in [9.17, 15) is 0 Å². The van der Waals surface area contributed by atoms with Crippen LogP contribution in [0.3, 0.4) is 0 Å². The van der Waals surface area contributed by atoms with Crippen LogP contribution in [0.25, 0.3) is 0 Å². The van der Waals surface area contributed by atoms with E-state index >= 15 is 0 Å². The summed E-state index contributed by atoms with van der Waals surface area (Å²) in [6.07, 6.45) is 1.08. The van der Waals surface area contributed by atoms with Crippen molar-refractivity contribution in [2.45, 2.75) is 19.2 Å². The van der Waals surface area contributed by atoms with Crippen molar-refractivity contribution in [2.24, 2.45) is 5.92 Å². The van der Waals surface area contributed by atoms with Crippen molar-refractivity contribution in [3.63, 3.8) is 0 Å². The lowest BCUT2D eigenvalue weighted by atomic mass is 10.1. The van der Waals surface area contributed by atoms with Gasteiger partial charge in [-0.25, -0.2) is 4.98 Å². The van der Waals surface area contributed by atoms with Crippen molar-refractivity contribution >= 4 is 11.6 Å². The van der Waals surface area contributed by atoms with Crippen LogP contribution in [0.15, 0.2) is 12.1 Å². The summed E-state index contributed by atoms with van der Waals surface area (Å²) in [6.45, 7) is 4.29. The van der Waals surface area contributed by atoms with Gasteiger partial charge in [-0.1, -0.05) is 6.07 Å². The molecule has 0 amide bonds. The number of rotatable bonds is 4. The minimum atomic E-state index is 0.496. The van der Waals surface area contributed by atoms with E-state index in [0.717, 1.165) is 30.9 Å². The molecule has 1 aromatic heterocycles. The fourth-order valence-electron chi connectivity index (χ4n) is 1.71. The van der Waals surface area contributed by atoms with E-state index in [4.69, 9.17) is 21.1 Å². The van der Waals surface area contributed by atoms with Gasteiger partial charge in [-0.3, -0.25) is 0 Å². The smallest absolute Gasteiger partial charge is 0.213 e. The molecule has 1 aromatic rings. The van der Waals surface area contributed by atoms with Gasteiger partial charge in [0.05, 0.1) is 13.2 Å². The highest BCUT2D eigenvalue weighted by molar-refractivity contribution is 6.17. The maximum absolute atomic E-state index is 5.77. The number of nitrogens with zero attached hydrogens (tertiary/aromatic N) is 1. The molecule has 88 valence electrons. The molecule has 0 saturated carbocycles. The molecule has 1 saturated heterocycles. The quantitative estimate of drug-likeness (QED) is 0.760. The summed E-state index contributed by atoms with van der Waals surface area (Å²) in [4.78, 5) is 4.36. The Bertz CT molecular complexity index is 351. The molecule has 2 rings (SSSR count). The van der Waals surface area contributed by atoms with Crippen molar-refractivity contribution in [2.75, 3.05) is 19.8 Å². The Morgan fingerprint density at radius 2 is 2.44 bits per heavy atom. The van der Waals surface area contributed by atoms with Crippen molar-refractivity contribution in [1.82, 2.24) is 4.98 Å². The zero-order valence-electron chi connectivity index (χ0n) is 9.41. The molecule has 1 aliphatic rings. The average molecular weight is 242 g/mol. The van der Waals surface area contributed by atoms with Gasteiger partial charge in [-0.15, -0.1) is 11.6 Å². The van der Waals surface area contributed by atoms with E-state index in [1.54, 1.807) is 0 Å². The third-order valence-corrected chi connectivity index (χ3v) is 3.09. The first kappa shape index (κ1) is 11.7. The maximum Gasteiger partial charge on any atom is 0.213 e. The molecular weight excluding hydrogens is 226 g/mol. The fourth-order valence-corrected chi connectivity index (χ4v) is 1.99. The minimum Gasteiger partial charge on any atom is -0.477 e. The molecule has 0 radical (unpaired) electrons. The highest BCUT2D eigenvalue weighted by atomic mass is 35.5. The van der Waals surface area contributed by atoms with Gasteiger partial charge < -0.3 is 9.47 Å². The number of alkyl halides is 1. The topological polar surface area (TPSA) is 31.4 Å². The molecule has 0 N–H and O–H groups in total. The van der Waals surface area contributed by atoms with Gasteiger partial charge in [0.25, 0.3) is 0 Å². The van der Waals surface area contributed by atoms with Gasteiger partial charge in [-0.05, 0) is 18.9 Å². The maximum atomic E-state index is 5.77. The number of ether oxygens (including phenoxy) is 2. The van der Waals surface area contributed by atoms with Crippen LogP contribution in [0.2, 0.25) is 0 Å². The Morgan fingerprint density at radius 1 is 1.56 bits per heavy atom. The van der Waals surface area contributed by atoms with E-state index in [0.29, 0.717) is 24.3 Å². The molecule has 4 heteroatoms. The van der Waals surface area contributed by atoms with Gasteiger partial charge in [-0.2, -0.15) is 0 Å². The molecule has 1 fully saturated rings. The average Bonchev–Trinajstić information content (AvgIpc) is 2.79. The second-order valence-electron chi connectivity index (χ2n) is 4.07. The number of hydrogen-bond donors (Lipinski definition) is 0. The van der Waals surface area contributed by atoms with E-state index in [1.165, 1.54) is 0 Å².